The maximum atomic E-state index is 13.2. The molecule has 0 heterocycles. The minimum atomic E-state index is -0.564. The van der Waals surface area contributed by atoms with Crippen LogP contribution in [0.1, 0.15) is 37.8 Å². The lowest BCUT2D eigenvalue weighted by atomic mass is 10.1. The molecule has 0 aromatic heterocycles. The molecule has 30 heavy (non-hydrogen) atoms. The van der Waals surface area contributed by atoms with E-state index < -0.39 is 6.04 Å². The summed E-state index contributed by atoms with van der Waals surface area (Å²) in [6, 6.07) is 14.6. The first-order valence-corrected chi connectivity index (χ1v) is 10.4. The molecule has 162 valence electrons. The van der Waals surface area contributed by atoms with Gasteiger partial charge in [-0.1, -0.05) is 55.8 Å². The van der Waals surface area contributed by atoms with Crippen molar-refractivity contribution in [1.29, 1.82) is 0 Å². The number of aryl methyl sites for hydroxylation is 1. The van der Waals surface area contributed by atoms with Gasteiger partial charge >= 0.3 is 0 Å². The lowest BCUT2D eigenvalue weighted by Crippen LogP contribution is -2.50. The van der Waals surface area contributed by atoms with Crippen molar-refractivity contribution in [2.75, 3.05) is 20.3 Å². The van der Waals surface area contributed by atoms with Crippen LogP contribution in [0.5, 0.6) is 11.5 Å². The molecule has 0 bridgehead atoms. The van der Waals surface area contributed by atoms with Gasteiger partial charge in [0.2, 0.25) is 5.91 Å². The number of nitrogens with one attached hydrogen (secondary N) is 1. The third-order valence-corrected chi connectivity index (χ3v) is 4.79. The van der Waals surface area contributed by atoms with Crippen molar-refractivity contribution in [3.63, 3.8) is 0 Å². The van der Waals surface area contributed by atoms with Crippen LogP contribution in [-0.2, 0) is 16.1 Å². The molecule has 0 spiro atoms. The van der Waals surface area contributed by atoms with Crippen molar-refractivity contribution in [3.05, 3.63) is 59.7 Å². The smallest absolute Gasteiger partial charge is 0.261 e. The predicted molar refractivity (Wildman–Crippen MR) is 118 cm³/mol. The number of carbonyl (C=O) groups excluding carboxylic acids is 2. The largest absolute Gasteiger partial charge is 0.493 e. The first kappa shape index (κ1) is 23.3. The Morgan fingerprint density at radius 2 is 1.80 bits per heavy atom. The van der Waals surface area contributed by atoms with Crippen LogP contribution in [0.2, 0.25) is 0 Å². The van der Waals surface area contributed by atoms with Crippen molar-refractivity contribution in [3.8, 4) is 11.5 Å². The summed E-state index contributed by atoms with van der Waals surface area (Å²) in [5, 5.41) is 2.91. The highest BCUT2D eigenvalue weighted by molar-refractivity contribution is 5.88. The zero-order valence-electron chi connectivity index (χ0n) is 18.3. The summed E-state index contributed by atoms with van der Waals surface area (Å²) in [5.74, 6) is 0.661. The van der Waals surface area contributed by atoms with E-state index in [1.807, 2.05) is 57.2 Å². The van der Waals surface area contributed by atoms with E-state index in [-0.39, 0.29) is 18.4 Å². The summed E-state index contributed by atoms with van der Waals surface area (Å²) >= 11 is 0. The van der Waals surface area contributed by atoms with E-state index in [0.29, 0.717) is 31.0 Å². The highest BCUT2D eigenvalue weighted by Gasteiger charge is 2.29. The SMILES string of the molecule is CCCNC(=O)C(CC)N(Cc1cccc(C)c1)C(=O)COc1ccccc1OC. The van der Waals surface area contributed by atoms with Crippen molar-refractivity contribution >= 4 is 11.8 Å². The van der Waals surface area contributed by atoms with Crippen LogP contribution in [0.4, 0.5) is 0 Å². The summed E-state index contributed by atoms with van der Waals surface area (Å²) in [6.07, 6.45) is 1.35. The summed E-state index contributed by atoms with van der Waals surface area (Å²) in [6.45, 7) is 6.66. The number of amides is 2. The van der Waals surface area contributed by atoms with Crippen LogP contribution < -0.4 is 14.8 Å². The van der Waals surface area contributed by atoms with E-state index in [0.717, 1.165) is 17.5 Å². The number of benzene rings is 2. The predicted octanol–water partition coefficient (Wildman–Crippen LogP) is 3.72. The molecule has 0 aliphatic heterocycles. The molecule has 0 saturated carbocycles. The highest BCUT2D eigenvalue weighted by atomic mass is 16.5. The molecule has 2 amide bonds. The number of ether oxygens (including phenoxy) is 2. The van der Waals surface area contributed by atoms with Gasteiger partial charge in [0.15, 0.2) is 18.1 Å². The number of methoxy groups -OCH3 is 1. The first-order chi connectivity index (χ1) is 14.5. The van der Waals surface area contributed by atoms with E-state index in [1.54, 1.807) is 24.1 Å². The minimum absolute atomic E-state index is 0.141. The zero-order chi connectivity index (χ0) is 21.9. The van der Waals surface area contributed by atoms with Gasteiger partial charge in [0.05, 0.1) is 7.11 Å². The van der Waals surface area contributed by atoms with Gasteiger partial charge < -0.3 is 19.7 Å². The van der Waals surface area contributed by atoms with Gasteiger partial charge in [-0.3, -0.25) is 9.59 Å². The van der Waals surface area contributed by atoms with Crippen molar-refractivity contribution in [2.45, 2.75) is 46.2 Å². The molecular weight excluding hydrogens is 380 g/mol. The normalized spacial score (nSPS) is 11.5. The molecule has 1 atom stereocenters. The number of rotatable bonds is 11. The van der Waals surface area contributed by atoms with Crippen LogP contribution >= 0.6 is 0 Å². The first-order valence-electron chi connectivity index (χ1n) is 10.4. The highest BCUT2D eigenvalue weighted by Crippen LogP contribution is 2.26. The molecule has 1 N–H and O–H groups in total. The Bertz CT molecular complexity index is 837. The molecule has 0 saturated heterocycles. The van der Waals surface area contributed by atoms with E-state index in [1.165, 1.54) is 0 Å². The summed E-state index contributed by atoms with van der Waals surface area (Å²) in [7, 11) is 1.55. The van der Waals surface area contributed by atoms with Crippen LogP contribution in [0.3, 0.4) is 0 Å². The van der Waals surface area contributed by atoms with E-state index in [4.69, 9.17) is 9.47 Å². The fraction of sp³-hybridized carbons (Fsp3) is 0.417. The number of para-hydroxylation sites is 2. The fourth-order valence-corrected chi connectivity index (χ4v) is 3.25. The summed E-state index contributed by atoms with van der Waals surface area (Å²) in [5.41, 5.74) is 2.08. The number of hydrogen-bond donors (Lipinski definition) is 1. The Morgan fingerprint density at radius 1 is 1.07 bits per heavy atom. The van der Waals surface area contributed by atoms with Gasteiger partial charge in [-0.05, 0) is 37.5 Å². The van der Waals surface area contributed by atoms with Crippen LogP contribution in [0, 0.1) is 6.92 Å². The molecule has 0 fully saturated rings. The molecule has 0 radical (unpaired) electrons. The Hall–Kier alpha value is -3.02. The van der Waals surface area contributed by atoms with Crippen molar-refractivity contribution < 1.29 is 19.1 Å². The number of carbonyl (C=O) groups is 2. The average molecular weight is 413 g/mol. The Labute approximate surface area is 179 Å². The second-order valence-corrected chi connectivity index (χ2v) is 7.17. The third kappa shape index (κ3) is 6.51. The molecule has 6 nitrogen and oxygen atoms in total. The van der Waals surface area contributed by atoms with Gasteiger partial charge in [0, 0.05) is 13.1 Å². The van der Waals surface area contributed by atoms with Gasteiger partial charge in [0.1, 0.15) is 6.04 Å². The van der Waals surface area contributed by atoms with Gasteiger partial charge in [-0.2, -0.15) is 0 Å². The molecule has 0 aliphatic carbocycles. The number of nitrogens with zero attached hydrogens (tertiary/aromatic N) is 1. The lowest BCUT2D eigenvalue weighted by molar-refractivity contribution is -0.143. The van der Waals surface area contributed by atoms with Crippen molar-refractivity contribution in [2.24, 2.45) is 0 Å². The van der Waals surface area contributed by atoms with Gasteiger partial charge in [0.25, 0.3) is 5.91 Å². The van der Waals surface area contributed by atoms with Gasteiger partial charge in [-0.25, -0.2) is 0 Å². The van der Waals surface area contributed by atoms with Crippen LogP contribution in [0.15, 0.2) is 48.5 Å². The molecular formula is C24H32N2O4. The van der Waals surface area contributed by atoms with Crippen LogP contribution in [0.25, 0.3) is 0 Å². The third-order valence-electron chi connectivity index (χ3n) is 4.79. The standard InChI is InChI=1S/C24H32N2O4/c1-5-14-25-24(28)20(6-2)26(16-19-11-9-10-18(3)15-19)23(27)17-30-22-13-8-7-12-21(22)29-4/h7-13,15,20H,5-6,14,16-17H2,1-4H3,(H,25,28). The molecule has 2 rings (SSSR count). The molecule has 1 unspecified atom stereocenters. The average Bonchev–Trinajstić information content (AvgIpc) is 2.76. The topological polar surface area (TPSA) is 67.9 Å². The number of hydrogen-bond acceptors (Lipinski definition) is 4. The van der Waals surface area contributed by atoms with Crippen LogP contribution in [-0.4, -0.2) is 43.0 Å². The van der Waals surface area contributed by atoms with E-state index in [2.05, 4.69) is 5.32 Å². The van der Waals surface area contributed by atoms with E-state index in [9.17, 15) is 9.59 Å². The fourth-order valence-electron chi connectivity index (χ4n) is 3.25. The summed E-state index contributed by atoms with van der Waals surface area (Å²) < 4.78 is 11.0. The zero-order valence-corrected chi connectivity index (χ0v) is 18.3. The Kier molecular flexibility index (Phi) is 9.19. The maximum absolute atomic E-state index is 13.2. The Morgan fingerprint density at radius 3 is 2.43 bits per heavy atom. The second kappa shape index (κ2) is 11.9. The molecule has 2 aromatic carbocycles. The monoisotopic (exact) mass is 412 g/mol. The lowest BCUT2D eigenvalue weighted by Gasteiger charge is -2.30. The van der Waals surface area contributed by atoms with Crippen molar-refractivity contribution in [1.82, 2.24) is 10.2 Å². The molecule has 6 heteroatoms. The quantitative estimate of drug-likeness (QED) is 0.611. The Balaban J connectivity index is 2.21. The molecule has 2 aromatic rings. The summed E-state index contributed by atoms with van der Waals surface area (Å²) in [4.78, 5) is 27.5. The minimum Gasteiger partial charge on any atom is -0.493 e. The molecule has 0 aliphatic rings. The second-order valence-electron chi connectivity index (χ2n) is 7.17. The van der Waals surface area contributed by atoms with E-state index >= 15 is 0 Å². The van der Waals surface area contributed by atoms with Gasteiger partial charge in [-0.15, -0.1) is 0 Å². The maximum Gasteiger partial charge on any atom is 0.261 e.